The summed E-state index contributed by atoms with van der Waals surface area (Å²) >= 11 is 0. The average Bonchev–Trinajstić information content (AvgIpc) is 3.10. The predicted molar refractivity (Wildman–Crippen MR) is 95.1 cm³/mol. The van der Waals surface area contributed by atoms with E-state index in [2.05, 4.69) is 18.0 Å². The van der Waals surface area contributed by atoms with Crippen molar-refractivity contribution in [2.75, 3.05) is 34.6 Å². The Hall–Kier alpha value is -2.44. The van der Waals surface area contributed by atoms with Gasteiger partial charge >= 0.3 is 0 Å². The lowest BCUT2D eigenvalue weighted by Gasteiger charge is -2.42. The standard InChI is InChI=1S/C20H21NO5/c1-21-8-14(22)12-7-17(23-2)20(24-3)19-11-6-16-15(25-9-26-16)5-10(11)4-13(21)18(12)19/h5-7,13-14,22H,4,8-9H2,1-3H3/t13?,14-/m1/s1. The number of ether oxygens (including phenoxy) is 4. The Morgan fingerprint density at radius 2 is 1.88 bits per heavy atom. The molecule has 0 saturated heterocycles. The van der Waals surface area contributed by atoms with Crippen molar-refractivity contribution >= 4 is 0 Å². The van der Waals surface area contributed by atoms with E-state index in [1.54, 1.807) is 14.2 Å². The van der Waals surface area contributed by atoms with Gasteiger partial charge in [0.2, 0.25) is 6.79 Å². The number of nitrogens with zero attached hydrogens (tertiary/aromatic N) is 1. The molecule has 26 heavy (non-hydrogen) atoms. The fourth-order valence-electron chi connectivity index (χ4n) is 4.50. The third-order valence-electron chi connectivity index (χ3n) is 5.71. The number of benzene rings is 2. The second-order valence-electron chi connectivity index (χ2n) is 7.03. The van der Waals surface area contributed by atoms with Crippen LogP contribution >= 0.6 is 0 Å². The van der Waals surface area contributed by atoms with Gasteiger partial charge in [-0.2, -0.15) is 0 Å². The molecule has 1 aliphatic carbocycles. The van der Waals surface area contributed by atoms with Crippen LogP contribution in [0.15, 0.2) is 18.2 Å². The number of hydrogen-bond donors (Lipinski definition) is 1. The van der Waals surface area contributed by atoms with Crippen LogP contribution in [0.2, 0.25) is 0 Å². The maximum atomic E-state index is 10.7. The molecule has 2 atom stereocenters. The summed E-state index contributed by atoms with van der Waals surface area (Å²) in [5, 5.41) is 10.7. The van der Waals surface area contributed by atoms with Crippen LogP contribution in [0, 0.1) is 0 Å². The minimum Gasteiger partial charge on any atom is -0.493 e. The molecular weight excluding hydrogens is 334 g/mol. The van der Waals surface area contributed by atoms with Gasteiger partial charge in [0.1, 0.15) is 0 Å². The molecule has 0 bridgehead atoms. The van der Waals surface area contributed by atoms with E-state index in [4.69, 9.17) is 18.9 Å². The topological polar surface area (TPSA) is 60.4 Å². The van der Waals surface area contributed by atoms with E-state index < -0.39 is 6.10 Å². The summed E-state index contributed by atoms with van der Waals surface area (Å²) in [5.74, 6) is 2.85. The van der Waals surface area contributed by atoms with E-state index in [-0.39, 0.29) is 12.8 Å². The predicted octanol–water partition coefficient (Wildman–Crippen LogP) is 2.68. The Kier molecular flexibility index (Phi) is 3.36. The zero-order valence-electron chi connectivity index (χ0n) is 15.0. The molecule has 1 unspecified atom stereocenters. The Balaban J connectivity index is 1.86. The molecule has 0 saturated carbocycles. The molecule has 6 nitrogen and oxygen atoms in total. The molecule has 1 N–H and O–H groups in total. The molecule has 0 amide bonds. The maximum absolute atomic E-state index is 10.7. The van der Waals surface area contributed by atoms with Crippen LogP contribution in [-0.4, -0.2) is 44.6 Å². The Labute approximate surface area is 151 Å². The number of methoxy groups -OCH3 is 2. The summed E-state index contributed by atoms with van der Waals surface area (Å²) < 4.78 is 22.5. The number of aliphatic hydroxyl groups excluding tert-OH is 1. The number of hydrogen-bond acceptors (Lipinski definition) is 6. The molecular formula is C20H21NO5. The molecule has 3 aliphatic rings. The summed E-state index contributed by atoms with van der Waals surface area (Å²) in [6, 6.07) is 6.18. The van der Waals surface area contributed by atoms with Gasteiger partial charge in [-0.3, -0.25) is 4.90 Å². The zero-order chi connectivity index (χ0) is 18.0. The first-order valence-electron chi connectivity index (χ1n) is 8.72. The number of β-amino-alcohol motifs (C(OH)–C–C–N with tert-alkyl or cyclic N) is 1. The molecule has 136 valence electrons. The molecule has 2 heterocycles. The highest BCUT2D eigenvalue weighted by Gasteiger charge is 2.40. The summed E-state index contributed by atoms with van der Waals surface area (Å²) in [5.41, 5.74) is 5.27. The zero-order valence-corrected chi connectivity index (χ0v) is 15.0. The fourth-order valence-corrected chi connectivity index (χ4v) is 4.50. The first kappa shape index (κ1) is 15.8. The lowest BCUT2D eigenvalue weighted by atomic mass is 9.76. The molecule has 5 rings (SSSR count). The average molecular weight is 355 g/mol. The third-order valence-corrected chi connectivity index (χ3v) is 5.71. The van der Waals surface area contributed by atoms with Crippen molar-refractivity contribution in [1.29, 1.82) is 0 Å². The van der Waals surface area contributed by atoms with Crippen LogP contribution in [0.1, 0.15) is 28.8 Å². The number of rotatable bonds is 2. The largest absolute Gasteiger partial charge is 0.493 e. The van der Waals surface area contributed by atoms with Crippen LogP contribution in [0.5, 0.6) is 23.0 Å². The first-order valence-corrected chi connectivity index (χ1v) is 8.72. The first-order chi connectivity index (χ1) is 12.6. The van der Waals surface area contributed by atoms with E-state index in [9.17, 15) is 5.11 Å². The van der Waals surface area contributed by atoms with Gasteiger partial charge in [-0.05, 0) is 53.9 Å². The van der Waals surface area contributed by atoms with Crippen molar-refractivity contribution in [1.82, 2.24) is 4.90 Å². The molecule has 6 heteroatoms. The number of likely N-dealkylation sites (N-methyl/N-ethyl adjacent to an activating group) is 1. The fraction of sp³-hybridized carbons (Fsp3) is 0.400. The van der Waals surface area contributed by atoms with Crippen LogP contribution in [-0.2, 0) is 6.42 Å². The van der Waals surface area contributed by atoms with Crippen LogP contribution in [0.4, 0.5) is 0 Å². The minimum atomic E-state index is -0.555. The summed E-state index contributed by atoms with van der Waals surface area (Å²) in [7, 11) is 5.33. The van der Waals surface area contributed by atoms with Crippen molar-refractivity contribution in [3.8, 4) is 34.1 Å². The van der Waals surface area contributed by atoms with Crippen molar-refractivity contribution in [3.05, 3.63) is 34.9 Å². The van der Waals surface area contributed by atoms with Crippen molar-refractivity contribution in [3.63, 3.8) is 0 Å². The third kappa shape index (κ3) is 2.00. The molecule has 2 aromatic carbocycles. The summed E-state index contributed by atoms with van der Waals surface area (Å²) in [4.78, 5) is 2.20. The number of fused-ring (bicyclic) bond motifs is 3. The molecule has 2 aliphatic heterocycles. The Morgan fingerprint density at radius 3 is 2.62 bits per heavy atom. The van der Waals surface area contributed by atoms with Crippen molar-refractivity contribution in [2.24, 2.45) is 0 Å². The van der Waals surface area contributed by atoms with Crippen molar-refractivity contribution < 1.29 is 24.1 Å². The van der Waals surface area contributed by atoms with Crippen LogP contribution in [0.25, 0.3) is 11.1 Å². The molecule has 0 aromatic heterocycles. The lowest BCUT2D eigenvalue weighted by Crippen LogP contribution is -2.38. The molecule has 2 aromatic rings. The molecule has 0 fully saturated rings. The highest BCUT2D eigenvalue weighted by Crippen LogP contribution is 2.55. The highest BCUT2D eigenvalue weighted by atomic mass is 16.7. The second-order valence-corrected chi connectivity index (χ2v) is 7.03. The van der Waals surface area contributed by atoms with Gasteiger partial charge in [-0.15, -0.1) is 0 Å². The maximum Gasteiger partial charge on any atom is 0.231 e. The van der Waals surface area contributed by atoms with E-state index >= 15 is 0 Å². The second kappa shape index (κ2) is 5.53. The Bertz CT molecular complexity index is 910. The van der Waals surface area contributed by atoms with Gasteiger partial charge in [0.25, 0.3) is 0 Å². The summed E-state index contributed by atoms with van der Waals surface area (Å²) in [6.07, 6.45) is 0.297. The van der Waals surface area contributed by atoms with Crippen LogP contribution < -0.4 is 18.9 Å². The number of aliphatic hydroxyl groups is 1. The smallest absolute Gasteiger partial charge is 0.231 e. The van der Waals surface area contributed by atoms with Gasteiger partial charge in [0.05, 0.1) is 20.3 Å². The van der Waals surface area contributed by atoms with Gasteiger partial charge in [-0.1, -0.05) is 0 Å². The normalized spacial score (nSPS) is 22.6. The van der Waals surface area contributed by atoms with Crippen molar-refractivity contribution in [2.45, 2.75) is 18.6 Å². The highest BCUT2D eigenvalue weighted by molar-refractivity contribution is 5.85. The summed E-state index contributed by atoms with van der Waals surface area (Å²) in [6.45, 7) is 0.833. The van der Waals surface area contributed by atoms with Gasteiger partial charge in [0, 0.05) is 18.2 Å². The van der Waals surface area contributed by atoms with Crippen LogP contribution in [0.3, 0.4) is 0 Å². The molecule has 0 spiro atoms. The van der Waals surface area contributed by atoms with Gasteiger partial charge in [0.15, 0.2) is 23.0 Å². The van der Waals surface area contributed by atoms with E-state index in [1.807, 2.05) is 12.1 Å². The minimum absolute atomic E-state index is 0.177. The lowest BCUT2D eigenvalue weighted by molar-refractivity contribution is 0.0828. The van der Waals surface area contributed by atoms with Gasteiger partial charge < -0.3 is 24.1 Å². The Morgan fingerprint density at radius 1 is 1.12 bits per heavy atom. The molecule has 0 radical (unpaired) electrons. The van der Waals surface area contributed by atoms with E-state index in [1.165, 1.54) is 5.56 Å². The van der Waals surface area contributed by atoms with E-state index in [0.29, 0.717) is 18.0 Å². The van der Waals surface area contributed by atoms with Gasteiger partial charge in [-0.25, -0.2) is 0 Å². The monoisotopic (exact) mass is 355 g/mol. The SMILES string of the molecule is COc1cc2c3c(c1OC)-c1cc4c(cc1CC3N(C)C[C@H]2O)OCO4. The van der Waals surface area contributed by atoms with E-state index in [0.717, 1.165) is 40.2 Å². The quantitative estimate of drug-likeness (QED) is 0.894.